The third-order valence-electron chi connectivity index (χ3n) is 2.97. The third-order valence-corrected chi connectivity index (χ3v) is 4.28. The summed E-state index contributed by atoms with van der Waals surface area (Å²) < 4.78 is 0. The molecule has 0 spiro atoms. The first-order valence-corrected chi connectivity index (χ1v) is 7.40. The van der Waals surface area contributed by atoms with Crippen LogP contribution in [0.3, 0.4) is 0 Å². The number of carboxylic acid groups (broad SMARTS) is 2. The van der Waals surface area contributed by atoms with Crippen LogP contribution in [0.15, 0.2) is 35.2 Å². The highest BCUT2D eigenvalue weighted by Crippen LogP contribution is 2.29. The van der Waals surface area contributed by atoms with E-state index in [0.29, 0.717) is 5.25 Å². The molecule has 0 saturated carbocycles. The van der Waals surface area contributed by atoms with E-state index < -0.39 is 11.9 Å². The molecule has 2 atom stereocenters. The molecule has 0 aliphatic carbocycles. The second kappa shape index (κ2) is 8.66. The highest BCUT2D eigenvalue weighted by Gasteiger charge is 2.30. The molecule has 1 fully saturated rings. The summed E-state index contributed by atoms with van der Waals surface area (Å²) in [5.74, 6) is -3.65. The zero-order valence-corrected chi connectivity index (χ0v) is 12.5. The number of β-amino-alcohol motifs (C(OH)–C–C–N with tert-alkyl or cyclic N) is 1. The molecule has 1 aromatic carbocycles. The molecule has 2 rings (SSSR count). The van der Waals surface area contributed by atoms with E-state index in [1.165, 1.54) is 4.90 Å². The molecule has 6 nitrogen and oxygen atoms in total. The normalized spacial score (nSPS) is 21.4. The van der Waals surface area contributed by atoms with Crippen LogP contribution in [0.2, 0.25) is 0 Å². The van der Waals surface area contributed by atoms with Gasteiger partial charge in [-0.1, -0.05) is 25.1 Å². The molecular formula is C14H19NO5S. The van der Waals surface area contributed by atoms with Crippen molar-refractivity contribution in [1.82, 2.24) is 4.90 Å². The summed E-state index contributed by atoms with van der Waals surface area (Å²) >= 11 is 1.79. The first-order chi connectivity index (χ1) is 9.93. The Morgan fingerprint density at radius 1 is 1.19 bits per heavy atom. The third kappa shape index (κ3) is 6.16. The Morgan fingerprint density at radius 3 is 2.19 bits per heavy atom. The van der Waals surface area contributed by atoms with Crippen LogP contribution in [-0.4, -0.2) is 63.1 Å². The maximum absolute atomic E-state index is 9.89. The molecule has 0 amide bonds. The number of carboxylic acids is 2. The van der Waals surface area contributed by atoms with Gasteiger partial charge in [0.05, 0.1) is 6.10 Å². The molecule has 1 aromatic rings. The summed E-state index contributed by atoms with van der Waals surface area (Å²) in [6.45, 7) is 4.99. The van der Waals surface area contributed by atoms with Crippen LogP contribution in [0.1, 0.15) is 6.92 Å². The fourth-order valence-electron chi connectivity index (χ4n) is 1.88. The zero-order valence-electron chi connectivity index (χ0n) is 11.7. The molecular weight excluding hydrogens is 294 g/mol. The van der Waals surface area contributed by atoms with Gasteiger partial charge in [-0.2, -0.15) is 0 Å². The van der Waals surface area contributed by atoms with E-state index in [4.69, 9.17) is 19.8 Å². The van der Waals surface area contributed by atoms with Gasteiger partial charge in [-0.25, -0.2) is 9.59 Å². The Bertz CT molecular complexity index is 456. The molecule has 1 saturated heterocycles. The minimum absolute atomic E-state index is 0.185. The maximum atomic E-state index is 9.89. The summed E-state index contributed by atoms with van der Waals surface area (Å²) in [6, 6.07) is 10.3. The maximum Gasteiger partial charge on any atom is 0.414 e. The summed E-state index contributed by atoms with van der Waals surface area (Å²) in [5.41, 5.74) is 0. The van der Waals surface area contributed by atoms with Gasteiger partial charge in [-0.15, -0.1) is 11.8 Å². The molecule has 0 radical (unpaired) electrons. The molecule has 0 unspecified atom stereocenters. The lowest BCUT2D eigenvalue weighted by molar-refractivity contribution is -0.159. The number of rotatable bonds is 3. The fraction of sp³-hybridized carbons (Fsp3) is 0.429. The van der Waals surface area contributed by atoms with Crippen molar-refractivity contribution in [2.75, 3.05) is 19.6 Å². The van der Waals surface area contributed by atoms with Gasteiger partial charge in [-0.05, 0) is 18.7 Å². The van der Waals surface area contributed by atoms with Crippen LogP contribution in [0.4, 0.5) is 0 Å². The molecule has 0 bridgehead atoms. The van der Waals surface area contributed by atoms with E-state index in [1.54, 1.807) is 11.8 Å². The quantitative estimate of drug-likeness (QED) is 0.716. The number of aliphatic hydroxyl groups excluding tert-OH is 1. The molecule has 7 heteroatoms. The van der Waals surface area contributed by atoms with Crippen molar-refractivity contribution in [3.63, 3.8) is 0 Å². The van der Waals surface area contributed by atoms with E-state index in [0.717, 1.165) is 19.6 Å². The molecule has 1 aliphatic rings. The number of benzene rings is 1. The number of likely N-dealkylation sites (tertiary alicyclic amines) is 1. The topological polar surface area (TPSA) is 98.1 Å². The summed E-state index contributed by atoms with van der Waals surface area (Å²) in [6.07, 6.45) is -0.185. The largest absolute Gasteiger partial charge is 0.473 e. The molecule has 1 heterocycles. The molecule has 116 valence electrons. The van der Waals surface area contributed by atoms with E-state index in [2.05, 4.69) is 24.0 Å². The van der Waals surface area contributed by atoms with Crippen LogP contribution in [0.25, 0.3) is 0 Å². The van der Waals surface area contributed by atoms with Crippen molar-refractivity contribution in [1.29, 1.82) is 0 Å². The Hall–Kier alpha value is -1.57. The number of hydrogen-bond donors (Lipinski definition) is 3. The first-order valence-electron chi connectivity index (χ1n) is 6.52. The number of aliphatic carboxylic acids is 2. The van der Waals surface area contributed by atoms with Crippen molar-refractivity contribution in [3.05, 3.63) is 30.3 Å². The second-order valence-electron chi connectivity index (χ2n) is 4.50. The minimum atomic E-state index is -1.82. The van der Waals surface area contributed by atoms with Crippen molar-refractivity contribution >= 4 is 23.7 Å². The average molecular weight is 313 g/mol. The number of carbonyl (C=O) groups is 2. The van der Waals surface area contributed by atoms with Gasteiger partial charge in [-0.3, -0.25) is 4.90 Å². The Kier molecular flexibility index (Phi) is 7.21. The van der Waals surface area contributed by atoms with Crippen molar-refractivity contribution in [2.24, 2.45) is 0 Å². The number of likely N-dealkylation sites (N-methyl/N-ethyl adjacent to an activating group) is 1. The van der Waals surface area contributed by atoms with Crippen molar-refractivity contribution < 1.29 is 24.9 Å². The van der Waals surface area contributed by atoms with E-state index in [9.17, 15) is 5.11 Å². The van der Waals surface area contributed by atoms with Gasteiger partial charge in [0.25, 0.3) is 0 Å². The minimum Gasteiger partial charge on any atom is -0.473 e. The molecule has 0 aromatic heterocycles. The predicted molar refractivity (Wildman–Crippen MR) is 79.5 cm³/mol. The Morgan fingerprint density at radius 2 is 1.76 bits per heavy atom. The van der Waals surface area contributed by atoms with Gasteiger partial charge in [0.15, 0.2) is 0 Å². The Balaban J connectivity index is 0.000000315. The number of hydrogen-bond acceptors (Lipinski definition) is 5. The standard InChI is InChI=1S/C12H17NOS.C2H2O4/c1-2-13-8-11(14)12(9-13)15-10-6-4-3-5-7-10;3-1(4)2(5)6/h3-7,11-12,14H,2,8-9H2,1H3;(H,3,4)(H,5,6)/t11-,12-;/m0./s1. The average Bonchev–Trinajstić information content (AvgIpc) is 2.81. The lowest BCUT2D eigenvalue weighted by Crippen LogP contribution is -2.21. The van der Waals surface area contributed by atoms with Crippen LogP contribution in [0.5, 0.6) is 0 Å². The highest BCUT2D eigenvalue weighted by atomic mass is 32.2. The van der Waals surface area contributed by atoms with Gasteiger partial charge in [0.2, 0.25) is 0 Å². The second-order valence-corrected chi connectivity index (χ2v) is 5.81. The number of thioether (sulfide) groups is 1. The van der Waals surface area contributed by atoms with Gasteiger partial charge < -0.3 is 15.3 Å². The molecule has 21 heavy (non-hydrogen) atoms. The molecule has 3 N–H and O–H groups in total. The van der Waals surface area contributed by atoms with Crippen LogP contribution in [0, 0.1) is 0 Å². The van der Waals surface area contributed by atoms with Crippen LogP contribution in [-0.2, 0) is 9.59 Å². The van der Waals surface area contributed by atoms with E-state index in [-0.39, 0.29) is 6.10 Å². The Labute approximate surface area is 127 Å². The summed E-state index contributed by atoms with van der Waals surface area (Å²) in [7, 11) is 0. The number of aliphatic hydroxyl groups is 1. The smallest absolute Gasteiger partial charge is 0.414 e. The summed E-state index contributed by atoms with van der Waals surface area (Å²) in [5, 5.41) is 25.0. The van der Waals surface area contributed by atoms with Crippen molar-refractivity contribution in [3.8, 4) is 0 Å². The lowest BCUT2D eigenvalue weighted by Gasteiger charge is -2.13. The van der Waals surface area contributed by atoms with Gasteiger partial charge in [0, 0.05) is 23.2 Å². The molecule has 1 aliphatic heterocycles. The zero-order chi connectivity index (χ0) is 15.8. The van der Waals surface area contributed by atoms with Crippen LogP contribution < -0.4 is 0 Å². The highest BCUT2D eigenvalue weighted by molar-refractivity contribution is 8.00. The fourth-order valence-corrected chi connectivity index (χ4v) is 3.07. The predicted octanol–water partition coefficient (Wildman–Crippen LogP) is 0.999. The summed E-state index contributed by atoms with van der Waals surface area (Å²) in [4.78, 5) is 21.7. The van der Waals surface area contributed by atoms with Crippen molar-refractivity contribution in [2.45, 2.75) is 23.2 Å². The first kappa shape index (κ1) is 17.5. The van der Waals surface area contributed by atoms with E-state index in [1.807, 2.05) is 18.2 Å². The van der Waals surface area contributed by atoms with E-state index >= 15 is 0 Å². The monoisotopic (exact) mass is 313 g/mol. The SMILES string of the molecule is CCN1C[C@H](Sc2ccccc2)[C@@H](O)C1.O=C(O)C(=O)O. The van der Waals surface area contributed by atoms with Gasteiger partial charge in [0.1, 0.15) is 0 Å². The van der Waals surface area contributed by atoms with Gasteiger partial charge >= 0.3 is 11.9 Å². The number of nitrogens with zero attached hydrogens (tertiary/aromatic N) is 1. The lowest BCUT2D eigenvalue weighted by atomic mass is 10.3. The van der Waals surface area contributed by atoms with Crippen LogP contribution >= 0.6 is 11.8 Å².